The van der Waals surface area contributed by atoms with E-state index in [-0.39, 0.29) is 6.04 Å². The number of hydrogen-bond acceptors (Lipinski definition) is 4. The highest BCUT2D eigenvalue weighted by Gasteiger charge is 2.07. The van der Waals surface area contributed by atoms with E-state index in [4.69, 9.17) is 9.15 Å². The van der Waals surface area contributed by atoms with Crippen molar-refractivity contribution in [3.63, 3.8) is 0 Å². The first-order chi connectivity index (χ1) is 7.79. The summed E-state index contributed by atoms with van der Waals surface area (Å²) in [5.41, 5.74) is 0.935. The molecule has 4 heteroatoms. The van der Waals surface area contributed by atoms with Gasteiger partial charge in [0.15, 0.2) is 0 Å². The number of hydrogen-bond donors (Lipinski definition) is 1. The second-order valence-corrected chi connectivity index (χ2v) is 3.47. The normalized spacial score (nSPS) is 12.1. The molecular formula is C12H14N2O2. The Morgan fingerprint density at radius 3 is 2.81 bits per heavy atom. The highest BCUT2D eigenvalue weighted by Crippen LogP contribution is 2.19. The van der Waals surface area contributed by atoms with E-state index in [1.807, 2.05) is 31.2 Å². The van der Waals surface area contributed by atoms with Gasteiger partial charge in [0.25, 0.3) is 0 Å². The number of furan rings is 1. The number of methoxy groups -OCH3 is 1. The van der Waals surface area contributed by atoms with E-state index in [2.05, 4.69) is 10.3 Å². The summed E-state index contributed by atoms with van der Waals surface area (Å²) in [7, 11) is 1.60. The van der Waals surface area contributed by atoms with Gasteiger partial charge >= 0.3 is 0 Å². The number of nitrogens with one attached hydrogen (secondary N) is 1. The molecule has 0 fully saturated rings. The zero-order chi connectivity index (χ0) is 11.4. The van der Waals surface area contributed by atoms with Crippen LogP contribution in [0.25, 0.3) is 0 Å². The maximum atomic E-state index is 5.30. The minimum absolute atomic E-state index is 0.116. The van der Waals surface area contributed by atoms with Crippen LogP contribution in [0, 0.1) is 0 Å². The second kappa shape index (κ2) is 4.70. The van der Waals surface area contributed by atoms with Crippen LogP contribution in [0.5, 0.6) is 5.88 Å². The molecule has 16 heavy (non-hydrogen) atoms. The van der Waals surface area contributed by atoms with Crippen molar-refractivity contribution in [3.05, 3.63) is 42.5 Å². The first-order valence-electron chi connectivity index (χ1n) is 5.09. The molecule has 0 aliphatic heterocycles. The lowest BCUT2D eigenvalue weighted by atomic mass is 10.2. The average molecular weight is 218 g/mol. The Balaban J connectivity index is 2.03. The molecule has 84 valence electrons. The summed E-state index contributed by atoms with van der Waals surface area (Å²) in [6.07, 6.45) is 3.40. The summed E-state index contributed by atoms with van der Waals surface area (Å²) in [5, 5.41) is 3.28. The van der Waals surface area contributed by atoms with Crippen molar-refractivity contribution < 1.29 is 9.15 Å². The lowest BCUT2D eigenvalue weighted by molar-refractivity contribution is 0.398. The van der Waals surface area contributed by atoms with Gasteiger partial charge in [-0.1, -0.05) is 0 Å². The molecule has 2 aromatic heterocycles. The van der Waals surface area contributed by atoms with Crippen LogP contribution in [0.3, 0.4) is 0 Å². The van der Waals surface area contributed by atoms with Crippen LogP contribution in [0.15, 0.2) is 41.1 Å². The van der Waals surface area contributed by atoms with E-state index in [1.54, 1.807) is 19.6 Å². The Kier molecular flexibility index (Phi) is 3.10. The summed E-state index contributed by atoms with van der Waals surface area (Å²) in [4.78, 5) is 4.12. The topological polar surface area (TPSA) is 47.3 Å². The van der Waals surface area contributed by atoms with Gasteiger partial charge in [-0.3, -0.25) is 0 Å². The fraction of sp³-hybridized carbons (Fsp3) is 0.250. The molecule has 0 aliphatic rings. The molecule has 0 bridgehead atoms. The van der Waals surface area contributed by atoms with E-state index in [1.165, 1.54) is 0 Å². The first-order valence-corrected chi connectivity index (χ1v) is 5.09. The van der Waals surface area contributed by atoms with Crippen molar-refractivity contribution in [1.82, 2.24) is 4.98 Å². The molecule has 0 aliphatic carbocycles. The Morgan fingerprint density at radius 1 is 1.38 bits per heavy atom. The zero-order valence-corrected chi connectivity index (χ0v) is 9.31. The fourth-order valence-corrected chi connectivity index (χ4v) is 1.45. The van der Waals surface area contributed by atoms with Gasteiger partial charge in [-0.05, 0) is 25.1 Å². The SMILES string of the molecule is COc1ccc(NC(C)c2ccco2)cn1. The van der Waals surface area contributed by atoms with Gasteiger partial charge in [0.2, 0.25) is 5.88 Å². The minimum Gasteiger partial charge on any atom is -0.481 e. The number of rotatable bonds is 4. The average Bonchev–Trinajstić information content (AvgIpc) is 2.83. The molecule has 0 saturated carbocycles. The predicted molar refractivity (Wildman–Crippen MR) is 61.5 cm³/mol. The number of pyridine rings is 1. The second-order valence-electron chi connectivity index (χ2n) is 3.47. The van der Waals surface area contributed by atoms with E-state index in [0.717, 1.165) is 11.4 Å². The Hall–Kier alpha value is -1.97. The monoisotopic (exact) mass is 218 g/mol. The quantitative estimate of drug-likeness (QED) is 0.857. The molecule has 1 atom stereocenters. The van der Waals surface area contributed by atoms with E-state index in [0.29, 0.717) is 5.88 Å². The molecule has 2 heterocycles. The summed E-state index contributed by atoms with van der Waals surface area (Å²) in [6, 6.07) is 7.67. The number of anilines is 1. The van der Waals surface area contributed by atoms with Gasteiger partial charge in [0.1, 0.15) is 5.76 Å². The molecule has 2 rings (SSSR count). The van der Waals surface area contributed by atoms with Crippen molar-refractivity contribution in [3.8, 4) is 5.88 Å². The molecule has 0 aromatic carbocycles. The molecule has 0 amide bonds. The third kappa shape index (κ3) is 2.34. The highest BCUT2D eigenvalue weighted by molar-refractivity contribution is 5.43. The van der Waals surface area contributed by atoms with Gasteiger partial charge in [0.05, 0.1) is 31.3 Å². The van der Waals surface area contributed by atoms with Gasteiger partial charge in [-0.25, -0.2) is 4.98 Å². The Labute approximate surface area is 94.3 Å². The fourth-order valence-electron chi connectivity index (χ4n) is 1.45. The summed E-state index contributed by atoms with van der Waals surface area (Å²) >= 11 is 0. The van der Waals surface area contributed by atoms with Gasteiger partial charge in [-0.15, -0.1) is 0 Å². The minimum atomic E-state index is 0.116. The van der Waals surface area contributed by atoms with E-state index < -0.39 is 0 Å². The molecule has 1 N–H and O–H groups in total. The number of nitrogens with zero attached hydrogens (tertiary/aromatic N) is 1. The van der Waals surface area contributed by atoms with Crippen molar-refractivity contribution >= 4 is 5.69 Å². The lowest BCUT2D eigenvalue weighted by Gasteiger charge is -2.12. The van der Waals surface area contributed by atoms with Crippen molar-refractivity contribution in [1.29, 1.82) is 0 Å². The van der Waals surface area contributed by atoms with Crippen LogP contribution in [0.4, 0.5) is 5.69 Å². The van der Waals surface area contributed by atoms with E-state index in [9.17, 15) is 0 Å². The van der Waals surface area contributed by atoms with Gasteiger partial charge < -0.3 is 14.5 Å². The third-order valence-electron chi connectivity index (χ3n) is 2.30. The molecular weight excluding hydrogens is 204 g/mol. The Morgan fingerprint density at radius 2 is 2.25 bits per heavy atom. The Bertz CT molecular complexity index is 423. The molecule has 2 aromatic rings. The van der Waals surface area contributed by atoms with Crippen molar-refractivity contribution in [2.45, 2.75) is 13.0 Å². The van der Waals surface area contributed by atoms with E-state index >= 15 is 0 Å². The molecule has 4 nitrogen and oxygen atoms in total. The molecule has 0 saturated heterocycles. The lowest BCUT2D eigenvalue weighted by Crippen LogP contribution is -2.05. The summed E-state index contributed by atoms with van der Waals surface area (Å²) < 4.78 is 10.3. The van der Waals surface area contributed by atoms with Crippen LogP contribution in [0.2, 0.25) is 0 Å². The van der Waals surface area contributed by atoms with Crippen LogP contribution in [0.1, 0.15) is 18.7 Å². The van der Waals surface area contributed by atoms with Crippen LogP contribution < -0.4 is 10.1 Å². The predicted octanol–water partition coefficient (Wildman–Crippen LogP) is 2.86. The van der Waals surface area contributed by atoms with Crippen LogP contribution >= 0.6 is 0 Å². The smallest absolute Gasteiger partial charge is 0.213 e. The molecule has 0 radical (unpaired) electrons. The summed E-state index contributed by atoms with van der Waals surface area (Å²) in [6.45, 7) is 2.03. The highest BCUT2D eigenvalue weighted by atomic mass is 16.5. The largest absolute Gasteiger partial charge is 0.481 e. The van der Waals surface area contributed by atoms with Crippen LogP contribution in [-0.2, 0) is 0 Å². The zero-order valence-electron chi connectivity index (χ0n) is 9.31. The van der Waals surface area contributed by atoms with Gasteiger partial charge in [0, 0.05) is 6.07 Å². The maximum Gasteiger partial charge on any atom is 0.213 e. The van der Waals surface area contributed by atoms with Crippen molar-refractivity contribution in [2.24, 2.45) is 0 Å². The maximum absolute atomic E-state index is 5.30. The van der Waals surface area contributed by atoms with Crippen LogP contribution in [-0.4, -0.2) is 12.1 Å². The first kappa shape index (κ1) is 10.5. The third-order valence-corrected chi connectivity index (χ3v) is 2.30. The molecule has 1 unspecified atom stereocenters. The number of ether oxygens (including phenoxy) is 1. The van der Waals surface area contributed by atoms with Gasteiger partial charge in [-0.2, -0.15) is 0 Å². The van der Waals surface area contributed by atoms with Crippen molar-refractivity contribution in [2.75, 3.05) is 12.4 Å². The molecule has 0 spiro atoms. The standard InChI is InChI=1S/C12H14N2O2/c1-9(11-4-3-7-16-11)14-10-5-6-12(15-2)13-8-10/h3-9,14H,1-2H3. The number of aromatic nitrogens is 1. The summed E-state index contributed by atoms with van der Waals surface area (Å²) in [5.74, 6) is 1.51.